The first-order valence-corrected chi connectivity index (χ1v) is 2.90. The van der Waals surface area contributed by atoms with Gasteiger partial charge in [0.1, 0.15) is 6.17 Å². The number of hydrogen-bond acceptors (Lipinski definition) is 2. The van der Waals surface area contributed by atoms with Crippen LogP contribution in [0.5, 0.6) is 0 Å². The Labute approximate surface area is 64.8 Å². The van der Waals surface area contributed by atoms with Crippen molar-refractivity contribution in [3.63, 3.8) is 0 Å². The molecule has 0 aromatic heterocycles. The second kappa shape index (κ2) is 4.46. The molecule has 0 bridgehead atoms. The van der Waals surface area contributed by atoms with Crippen LogP contribution in [0.1, 0.15) is 6.42 Å². The summed E-state index contributed by atoms with van der Waals surface area (Å²) in [5.74, 6) is 0. The first-order valence-electron chi connectivity index (χ1n) is 2.90. The lowest BCUT2D eigenvalue weighted by Crippen LogP contribution is -2.35. The zero-order valence-electron chi connectivity index (χ0n) is 5.34. The van der Waals surface area contributed by atoms with Crippen molar-refractivity contribution in [2.24, 2.45) is 0 Å². The summed E-state index contributed by atoms with van der Waals surface area (Å²) in [4.78, 5) is 9.79. The average molecular weight is 169 g/mol. The van der Waals surface area contributed by atoms with Crippen LogP contribution in [0.4, 0.5) is 4.39 Å². The Morgan fingerprint density at radius 1 is 1.70 bits per heavy atom. The molecule has 2 atom stereocenters. The summed E-state index contributed by atoms with van der Waals surface area (Å²) in [5, 5.41) is 5.23. The molecule has 0 aromatic carbocycles. The molecule has 1 rings (SSSR count). The summed E-state index contributed by atoms with van der Waals surface area (Å²) in [6, 6.07) is 0. The number of carbonyl (C=O) groups is 1. The van der Waals surface area contributed by atoms with Gasteiger partial charge in [0.05, 0.1) is 6.17 Å². The molecule has 0 aliphatic carbocycles. The number of carbonyl (C=O) groups excluding carboxylic acids is 1. The van der Waals surface area contributed by atoms with Gasteiger partial charge in [-0.1, -0.05) is 0 Å². The third kappa shape index (κ3) is 2.49. The van der Waals surface area contributed by atoms with E-state index in [1.807, 2.05) is 0 Å². The van der Waals surface area contributed by atoms with Gasteiger partial charge in [-0.3, -0.25) is 10.1 Å². The number of alkyl halides is 1. The molecular weight excluding hydrogens is 159 g/mol. The molecule has 10 heavy (non-hydrogen) atoms. The third-order valence-corrected chi connectivity index (χ3v) is 1.35. The molecule has 1 fully saturated rings. The van der Waals surface area contributed by atoms with Crippen LogP contribution in [0.25, 0.3) is 0 Å². The van der Waals surface area contributed by atoms with Gasteiger partial charge < -0.3 is 5.32 Å². The SMILES string of the molecule is Cl.O=CNC1CC(F)CN1. The van der Waals surface area contributed by atoms with Gasteiger partial charge in [-0.15, -0.1) is 12.4 Å². The van der Waals surface area contributed by atoms with Gasteiger partial charge in [-0.2, -0.15) is 0 Å². The van der Waals surface area contributed by atoms with E-state index < -0.39 is 6.17 Å². The summed E-state index contributed by atoms with van der Waals surface area (Å²) in [7, 11) is 0. The normalized spacial score (nSPS) is 30.9. The van der Waals surface area contributed by atoms with E-state index in [9.17, 15) is 9.18 Å². The fourth-order valence-electron chi connectivity index (χ4n) is 0.902. The van der Waals surface area contributed by atoms with Crippen LogP contribution in [0.3, 0.4) is 0 Å². The fraction of sp³-hybridized carbons (Fsp3) is 0.800. The number of nitrogens with one attached hydrogen (secondary N) is 2. The van der Waals surface area contributed by atoms with Crippen molar-refractivity contribution >= 4 is 18.8 Å². The molecule has 1 amide bonds. The van der Waals surface area contributed by atoms with Crippen molar-refractivity contribution in [3.05, 3.63) is 0 Å². The predicted octanol–water partition coefficient (Wildman–Crippen LogP) is -0.188. The second-order valence-electron chi connectivity index (χ2n) is 2.08. The minimum Gasteiger partial charge on any atom is -0.343 e. The lowest BCUT2D eigenvalue weighted by atomic mass is 10.3. The van der Waals surface area contributed by atoms with Crippen LogP contribution in [0, 0.1) is 0 Å². The molecule has 3 nitrogen and oxygen atoms in total. The molecule has 1 aliphatic rings. The van der Waals surface area contributed by atoms with Gasteiger partial charge in [0.15, 0.2) is 0 Å². The summed E-state index contributed by atoms with van der Waals surface area (Å²) >= 11 is 0. The molecule has 0 saturated carbocycles. The first-order chi connectivity index (χ1) is 4.33. The van der Waals surface area contributed by atoms with Gasteiger partial charge in [0, 0.05) is 13.0 Å². The molecular formula is C5H10ClFN2O. The molecule has 1 aliphatic heterocycles. The van der Waals surface area contributed by atoms with Gasteiger partial charge in [0.25, 0.3) is 0 Å². The molecule has 2 unspecified atom stereocenters. The second-order valence-corrected chi connectivity index (χ2v) is 2.08. The average Bonchev–Trinajstić information content (AvgIpc) is 2.17. The summed E-state index contributed by atoms with van der Waals surface area (Å²) < 4.78 is 12.3. The van der Waals surface area contributed by atoms with Gasteiger partial charge >= 0.3 is 0 Å². The zero-order chi connectivity index (χ0) is 6.69. The van der Waals surface area contributed by atoms with E-state index in [1.165, 1.54) is 0 Å². The van der Waals surface area contributed by atoms with E-state index in [-0.39, 0.29) is 18.6 Å². The van der Waals surface area contributed by atoms with E-state index >= 15 is 0 Å². The van der Waals surface area contributed by atoms with Crippen LogP contribution in [0.15, 0.2) is 0 Å². The molecule has 0 spiro atoms. The minimum absolute atomic E-state index is 0. The maximum absolute atomic E-state index is 12.3. The lowest BCUT2D eigenvalue weighted by molar-refractivity contribution is -0.110. The van der Waals surface area contributed by atoms with E-state index in [1.54, 1.807) is 0 Å². The van der Waals surface area contributed by atoms with Crippen molar-refractivity contribution < 1.29 is 9.18 Å². The Hall–Kier alpha value is -0.350. The van der Waals surface area contributed by atoms with E-state index in [2.05, 4.69) is 10.6 Å². The smallest absolute Gasteiger partial charge is 0.208 e. The van der Waals surface area contributed by atoms with Crippen molar-refractivity contribution in [1.82, 2.24) is 10.6 Å². The quantitative estimate of drug-likeness (QED) is 0.562. The van der Waals surface area contributed by atoms with Crippen LogP contribution in [-0.2, 0) is 4.79 Å². The molecule has 2 N–H and O–H groups in total. The highest BCUT2D eigenvalue weighted by atomic mass is 35.5. The number of rotatable bonds is 2. The molecule has 0 aromatic rings. The summed E-state index contributed by atoms with van der Waals surface area (Å²) in [6.45, 7) is 0.353. The Bertz CT molecular complexity index is 114. The predicted molar refractivity (Wildman–Crippen MR) is 37.8 cm³/mol. The maximum atomic E-state index is 12.3. The van der Waals surface area contributed by atoms with Crippen molar-refractivity contribution in [1.29, 1.82) is 0 Å². The summed E-state index contributed by atoms with van der Waals surface area (Å²) in [6.07, 6.45) is 0.00833. The standard InChI is InChI=1S/C5H9FN2O.ClH/c6-4-1-5(7-2-4)8-3-9;/h3-5,7H,1-2H2,(H,8,9);1H. The van der Waals surface area contributed by atoms with Gasteiger partial charge in [-0.25, -0.2) is 4.39 Å². The fourth-order valence-corrected chi connectivity index (χ4v) is 0.902. The minimum atomic E-state index is -0.803. The van der Waals surface area contributed by atoms with Crippen molar-refractivity contribution in [3.8, 4) is 0 Å². The summed E-state index contributed by atoms with van der Waals surface area (Å²) in [5.41, 5.74) is 0. The Kier molecular flexibility index (Phi) is 4.31. The molecule has 1 heterocycles. The number of halogens is 2. The molecule has 60 valence electrons. The van der Waals surface area contributed by atoms with Crippen LogP contribution >= 0.6 is 12.4 Å². The van der Waals surface area contributed by atoms with Gasteiger partial charge in [-0.05, 0) is 0 Å². The highest BCUT2D eigenvalue weighted by molar-refractivity contribution is 5.85. The van der Waals surface area contributed by atoms with E-state index in [0.29, 0.717) is 19.4 Å². The Morgan fingerprint density at radius 3 is 2.80 bits per heavy atom. The van der Waals surface area contributed by atoms with E-state index in [0.717, 1.165) is 0 Å². The number of hydrogen-bond donors (Lipinski definition) is 2. The zero-order valence-corrected chi connectivity index (χ0v) is 6.16. The third-order valence-electron chi connectivity index (χ3n) is 1.35. The molecule has 1 saturated heterocycles. The monoisotopic (exact) mass is 168 g/mol. The number of amides is 1. The van der Waals surface area contributed by atoms with Gasteiger partial charge in [0.2, 0.25) is 6.41 Å². The highest BCUT2D eigenvalue weighted by Crippen LogP contribution is 2.06. The lowest BCUT2D eigenvalue weighted by Gasteiger charge is -2.05. The van der Waals surface area contributed by atoms with E-state index in [4.69, 9.17) is 0 Å². The first kappa shape index (κ1) is 9.65. The Morgan fingerprint density at radius 2 is 2.40 bits per heavy atom. The maximum Gasteiger partial charge on any atom is 0.208 e. The topological polar surface area (TPSA) is 41.1 Å². The van der Waals surface area contributed by atoms with Crippen LogP contribution in [-0.4, -0.2) is 25.3 Å². The largest absolute Gasteiger partial charge is 0.343 e. The molecule has 5 heteroatoms. The molecule has 0 radical (unpaired) electrons. The van der Waals surface area contributed by atoms with Crippen LogP contribution in [0.2, 0.25) is 0 Å². The highest BCUT2D eigenvalue weighted by Gasteiger charge is 2.22. The van der Waals surface area contributed by atoms with Crippen molar-refractivity contribution in [2.75, 3.05) is 6.54 Å². The van der Waals surface area contributed by atoms with Crippen molar-refractivity contribution in [2.45, 2.75) is 18.8 Å². The van der Waals surface area contributed by atoms with Crippen LogP contribution < -0.4 is 10.6 Å². The Balaban J connectivity index is 0.000000810.